The van der Waals surface area contributed by atoms with Gasteiger partial charge in [-0.2, -0.15) is 0 Å². The topological polar surface area (TPSA) is 55.1 Å². The summed E-state index contributed by atoms with van der Waals surface area (Å²) in [6.45, 7) is 0. The van der Waals surface area contributed by atoms with Gasteiger partial charge in [-0.1, -0.05) is 30.3 Å². The number of nitrogens with two attached hydrogens (primary N) is 1. The van der Waals surface area contributed by atoms with Gasteiger partial charge in [0.15, 0.2) is 0 Å². The second-order valence-electron chi connectivity index (χ2n) is 4.01. The predicted octanol–water partition coefficient (Wildman–Crippen LogP) is 1.36. The van der Waals surface area contributed by atoms with Crippen LogP contribution in [0.1, 0.15) is 30.9 Å². The highest BCUT2D eigenvalue weighted by molar-refractivity contribution is 5.82. The van der Waals surface area contributed by atoms with Gasteiger partial charge in [0, 0.05) is 0 Å². The first kappa shape index (κ1) is 10.2. The minimum Gasteiger partial charge on any atom is -0.348 e. The minimum atomic E-state index is -0.335. The zero-order valence-corrected chi connectivity index (χ0v) is 8.65. The molecule has 1 aromatic carbocycles. The summed E-state index contributed by atoms with van der Waals surface area (Å²) in [6.07, 6.45) is 2.76. The Bertz CT molecular complexity index is 337. The maximum absolute atomic E-state index is 11.6. The van der Waals surface area contributed by atoms with Crippen molar-refractivity contribution < 1.29 is 4.79 Å². The number of benzene rings is 1. The maximum Gasteiger partial charge on any atom is 0.237 e. The Kier molecular flexibility index (Phi) is 3.02. The van der Waals surface area contributed by atoms with Crippen LogP contribution in [0, 0.1) is 0 Å². The Hall–Kier alpha value is -1.35. The Morgan fingerprint density at radius 3 is 2.67 bits per heavy atom. The smallest absolute Gasteiger partial charge is 0.237 e. The van der Waals surface area contributed by atoms with E-state index in [0.717, 1.165) is 19.3 Å². The first-order valence-corrected chi connectivity index (χ1v) is 5.38. The summed E-state index contributed by atoms with van der Waals surface area (Å²) < 4.78 is 0. The van der Waals surface area contributed by atoms with E-state index in [4.69, 9.17) is 5.73 Å². The molecule has 3 nitrogen and oxygen atoms in total. The highest BCUT2D eigenvalue weighted by Gasteiger charge is 2.22. The fraction of sp³-hybridized carbons (Fsp3) is 0.417. The normalized spacial score (nSPS) is 26.9. The molecule has 0 aliphatic carbocycles. The number of amides is 1. The van der Waals surface area contributed by atoms with E-state index in [0.29, 0.717) is 0 Å². The van der Waals surface area contributed by atoms with Crippen LogP contribution in [0.3, 0.4) is 0 Å². The molecule has 2 atom stereocenters. The van der Waals surface area contributed by atoms with Crippen molar-refractivity contribution in [2.45, 2.75) is 31.3 Å². The molecule has 1 heterocycles. The summed E-state index contributed by atoms with van der Waals surface area (Å²) in [6, 6.07) is 9.85. The van der Waals surface area contributed by atoms with Crippen molar-refractivity contribution in [3.8, 4) is 0 Å². The van der Waals surface area contributed by atoms with Gasteiger partial charge in [-0.05, 0) is 24.8 Å². The lowest BCUT2D eigenvalue weighted by Gasteiger charge is -2.16. The zero-order chi connectivity index (χ0) is 10.7. The summed E-state index contributed by atoms with van der Waals surface area (Å²) in [5.41, 5.74) is 6.87. The Balaban J connectivity index is 2.13. The molecular weight excluding hydrogens is 188 g/mol. The van der Waals surface area contributed by atoms with E-state index in [9.17, 15) is 4.79 Å². The third-order valence-electron chi connectivity index (χ3n) is 2.86. The number of rotatable bonds is 1. The van der Waals surface area contributed by atoms with Gasteiger partial charge in [-0.3, -0.25) is 4.79 Å². The number of hydrogen-bond donors (Lipinski definition) is 2. The molecule has 1 aliphatic heterocycles. The molecule has 1 aliphatic rings. The second-order valence-corrected chi connectivity index (χ2v) is 4.01. The van der Waals surface area contributed by atoms with Crippen LogP contribution in [0.25, 0.3) is 0 Å². The number of carbonyl (C=O) groups excluding carboxylic acids is 1. The van der Waals surface area contributed by atoms with Crippen molar-refractivity contribution in [3.05, 3.63) is 35.9 Å². The van der Waals surface area contributed by atoms with Crippen molar-refractivity contribution in [1.82, 2.24) is 5.32 Å². The van der Waals surface area contributed by atoms with E-state index in [1.54, 1.807) is 0 Å². The maximum atomic E-state index is 11.6. The van der Waals surface area contributed by atoms with Crippen LogP contribution in [0.4, 0.5) is 0 Å². The van der Waals surface area contributed by atoms with Crippen LogP contribution in [0.5, 0.6) is 0 Å². The lowest BCUT2D eigenvalue weighted by Crippen LogP contribution is -2.39. The molecular formula is C12H16N2O. The average Bonchev–Trinajstić information content (AvgIpc) is 2.43. The van der Waals surface area contributed by atoms with Crippen molar-refractivity contribution >= 4 is 5.91 Å². The predicted molar refractivity (Wildman–Crippen MR) is 59.2 cm³/mol. The highest BCUT2D eigenvalue weighted by Crippen LogP contribution is 2.22. The first-order chi connectivity index (χ1) is 7.27. The van der Waals surface area contributed by atoms with Gasteiger partial charge < -0.3 is 11.1 Å². The Morgan fingerprint density at radius 2 is 1.93 bits per heavy atom. The molecule has 3 N–H and O–H groups in total. The van der Waals surface area contributed by atoms with Crippen LogP contribution >= 0.6 is 0 Å². The molecule has 0 radical (unpaired) electrons. The molecule has 1 saturated heterocycles. The molecule has 0 spiro atoms. The van der Waals surface area contributed by atoms with Crippen LogP contribution in [-0.2, 0) is 4.79 Å². The third-order valence-corrected chi connectivity index (χ3v) is 2.86. The second kappa shape index (κ2) is 4.45. The fourth-order valence-electron chi connectivity index (χ4n) is 1.96. The van der Waals surface area contributed by atoms with E-state index in [1.165, 1.54) is 5.56 Å². The summed E-state index contributed by atoms with van der Waals surface area (Å²) in [5.74, 6) is -0.0265. The largest absolute Gasteiger partial charge is 0.348 e. The van der Waals surface area contributed by atoms with Gasteiger partial charge >= 0.3 is 0 Å². The molecule has 1 amide bonds. The standard InChI is InChI=1S/C12H16N2O/c13-10-7-4-8-11(14-12(10)15)9-5-2-1-3-6-9/h1-3,5-6,10-11H,4,7-8,13H2,(H,14,15)/t10-,11-/m0/s1. The summed E-state index contributed by atoms with van der Waals surface area (Å²) in [7, 11) is 0. The Morgan fingerprint density at radius 1 is 1.20 bits per heavy atom. The number of carbonyl (C=O) groups is 1. The van der Waals surface area contributed by atoms with Gasteiger partial charge in [0.2, 0.25) is 5.91 Å². The molecule has 2 rings (SSSR count). The van der Waals surface area contributed by atoms with E-state index >= 15 is 0 Å². The van der Waals surface area contributed by atoms with Crippen LogP contribution in [0.2, 0.25) is 0 Å². The first-order valence-electron chi connectivity index (χ1n) is 5.38. The van der Waals surface area contributed by atoms with E-state index in [2.05, 4.69) is 5.32 Å². The Labute approximate surface area is 89.7 Å². The molecule has 0 aromatic heterocycles. The monoisotopic (exact) mass is 204 g/mol. The van der Waals surface area contributed by atoms with E-state index in [1.807, 2.05) is 30.3 Å². The average molecular weight is 204 g/mol. The molecule has 0 unspecified atom stereocenters. The molecule has 0 bridgehead atoms. The molecule has 0 saturated carbocycles. The summed E-state index contributed by atoms with van der Waals surface area (Å²) in [4.78, 5) is 11.6. The van der Waals surface area contributed by atoms with Gasteiger partial charge in [0.25, 0.3) is 0 Å². The quantitative estimate of drug-likeness (QED) is 0.725. The molecule has 3 heteroatoms. The fourth-order valence-corrected chi connectivity index (χ4v) is 1.96. The van der Waals surface area contributed by atoms with Crippen LogP contribution in [-0.4, -0.2) is 11.9 Å². The lowest BCUT2D eigenvalue weighted by molar-refractivity contribution is -0.122. The minimum absolute atomic E-state index is 0.0265. The SMILES string of the molecule is N[C@H]1CCC[C@@H](c2ccccc2)NC1=O. The van der Waals surface area contributed by atoms with Crippen LogP contribution < -0.4 is 11.1 Å². The molecule has 15 heavy (non-hydrogen) atoms. The molecule has 80 valence electrons. The van der Waals surface area contributed by atoms with Crippen molar-refractivity contribution in [1.29, 1.82) is 0 Å². The lowest BCUT2D eigenvalue weighted by atomic mass is 10.0. The van der Waals surface area contributed by atoms with E-state index < -0.39 is 0 Å². The van der Waals surface area contributed by atoms with Gasteiger partial charge in [-0.15, -0.1) is 0 Å². The number of nitrogens with one attached hydrogen (secondary N) is 1. The van der Waals surface area contributed by atoms with Gasteiger partial charge in [-0.25, -0.2) is 0 Å². The van der Waals surface area contributed by atoms with Gasteiger partial charge in [0.1, 0.15) is 0 Å². The van der Waals surface area contributed by atoms with Crippen molar-refractivity contribution in [2.75, 3.05) is 0 Å². The third kappa shape index (κ3) is 2.36. The summed E-state index contributed by atoms with van der Waals surface area (Å²) >= 11 is 0. The molecule has 1 fully saturated rings. The van der Waals surface area contributed by atoms with Gasteiger partial charge in [0.05, 0.1) is 12.1 Å². The van der Waals surface area contributed by atoms with Crippen LogP contribution in [0.15, 0.2) is 30.3 Å². The van der Waals surface area contributed by atoms with E-state index in [-0.39, 0.29) is 18.0 Å². The molecule has 1 aromatic rings. The number of hydrogen-bond acceptors (Lipinski definition) is 2. The summed E-state index contributed by atoms with van der Waals surface area (Å²) in [5, 5.41) is 2.98. The van der Waals surface area contributed by atoms with Crippen molar-refractivity contribution in [2.24, 2.45) is 5.73 Å². The van der Waals surface area contributed by atoms with Crippen molar-refractivity contribution in [3.63, 3.8) is 0 Å². The highest BCUT2D eigenvalue weighted by atomic mass is 16.2. The zero-order valence-electron chi connectivity index (χ0n) is 8.65.